The van der Waals surface area contributed by atoms with Crippen LogP contribution in [-0.4, -0.2) is 11.9 Å². The maximum atomic E-state index is 6.07. The highest BCUT2D eigenvalue weighted by Crippen LogP contribution is 2.41. The van der Waals surface area contributed by atoms with Crippen LogP contribution in [0.2, 0.25) is 0 Å². The van der Waals surface area contributed by atoms with Crippen molar-refractivity contribution >= 4 is 93.0 Å². The van der Waals surface area contributed by atoms with Crippen LogP contribution in [-0.2, 0) is 11.3 Å². The number of rotatable bonds is 8. The molecule has 0 saturated heterocycles. The molecule has 0 aliphatic carbocycles. The molecular weight excluding hydrogens is 548 g/mol. The Morgan fingerprint density at radius 2 is 1.21 bits per heavy atom. The highest BCUT2D eigenvalue weighted by molar-refractivity contribution is 9.09. The van der Waals surface area contributed by atoms with Crippen molar-refractivity contribution in [2.24, 2.45) is 0 Å². The van der Waals surface area contributed by atoms with E-state index in [2.05, 4.69) is 80.0 Å². The van der Waals surface area contributed by atoms with Gasteiger partial charge in [-0.1, -0.05) is 112 Å². The van der Waals surface area contributed by atoms with Crippen LogP contribution < -0.4 is 10.4 Å². The first kappa shape index (κ1) is 24.0. The number of alkyl halides is 1. The smallest absolute Gasteiger partial charge is 0.0717 e. The van der Waals surface area contributed by atoms with Crippen molar-refractivity contribution in [2.75, 3.05) is 11.9 Å². The van der Waals surface area contributed by atoms with Gasteiger partial charge in [-0.15, -0.1) is 0 Å². The number of hydrogen-bond donors (Lipinski definition) is 0. The third kappa shape index (κ3) is 5.41. The van der Waals surface area contributed by atoms with Crippen molar-refractivity contribution in [2.45, 2.75) is 32.3 Å². The highest BCUT2D eigenvalue weighted by atomic mass is 79.9. The Kier molecular flexibility index (Phi) is 8.55. The third-order valence-corrected chi connectivity index (χ3v) is 10.6. The average molecular weight is 574 g/mol. The lowest BCUT2D eigenvalue weighted by Gasteiger charge is -2.13. The third-order valence-electron chi connectivity index (χ3n) is 5.75. The second-order valence-corrected chi connectivity index (χ2v) is 12.9. The molecule has 0 unspecified atom stereocenters. The van der Waals surface area contributed by atoms with E-state index >= 15 is 0 Å². The van der Waals surface area contributed by atoms with Crippen LogP contribution in [0.5, 0.6) is 0 Å². The number of fused-ring (bicyclic) bond motifs is 2. The van der Waals surface area contributed by atoms with Crippen LogP contribution in [0.3, 0.4) is 0 Å². The van der Waals surface area contributed by atoms with Gasteiger partial charge in [0.15, 0.2) is 0 Å². The monoisotopic (exact) mass is 572 g/mol. The number of benzene rings is 3. The molecule has 0 saturated carbocycles. The van der Waals surface area contributed by atoms with Crippen molar-refractivity contribution < 1.29 is 4.74 Å². The minimum absolute atomic E-state index is 0.672. The first-order valence-corrected chi connectivity index (χ1v) is 15.8. The van der Waals surface area contributed by atoms with E-state index in [4.69, 9.17) is 4.74 Å². The molecule has 0 N–H and O–H groups in total. The second kappa shape index (κ2) is 11.8. The second-order valence-electron chi connectivity index (χ2n) is 7.92. The molecule has 0 radical (unpaired) electrons. The van der Waals surface area contributed by atoms with Crippen LogP contribution in [0.1, 0.15) is 31.2 Å². The summed E-state index contributed by atoms with van der Waals surface area (Å²) in [7, 11) is 0. The summed E-state index contributed by atoms with van der Waals surface area (Å²) in [6, 6.07) is 15.8. The molecule has 0 spiro atoms. The van der Waals surface area contributed by atoms with Crippen LogP contribution in [0.15, 0.2) is 64.1 Å². The molecule has 0 fully saturated rings. The predicted molar refractivity (Wildman–Crippen MR) is 158 cm³/mol. The molecule has 3 aromatic carbocycles. The lowest BCUT2D eigenvalue weighted by molar-refractivity contribution is 0.117. The Morgan fingerprint density at radius 1 is 0.636 bits per heavy atom. The number of halogens is 1. The normalized spacial score (nSPS) is 15.5. The van der Waals surface area contributed by atoms with Gasteiger partial charge in [-0.05, 0) is 67.6 Å². The standard InChI is InChI=1S/C27H25BrOS4/c28-11-5-1-2-6-12-29-18-19-9-10-22-23(17-19)25(27-32-15-16-33-27)21-8-4-3-7-20(21)24(22)26-30-13-14-31-26/h3-4,7-10,13-17H,1-2,5-6,11-12,18H2. The molecule has 1 nitrogen and oxygen atoms in total. The quantitative estimate of drug-likeness (QED) is 0.151. The van der Waals surface area contributed by atoms with Gasteiger partial charge in [-0.2, -0.15) is 0 Å². The molecule has 0 bridgehead atoms. The zero-order chi connectivity index (χ0) is 22.5. The summed E-state index contributed by atoms with van der Waals surface area (Å²) in [5.41, 5.74) is 1.25. The summed E-state index contributed by atoms with van der Waals surface area (Å²) >= 11 is 10.8. The van der Waals surface area contributed by atoms with E-state index in [1.54, 1.807) is 0 Å². The maximum absolute atomic E-state index is 6.07. The van der Waals surface area contributed by atoms with Crippen LogP contribution in [0.25, 0.3) is 30.0 Å². The predicted octanol–water partition coefficient (Wildman–Crippen LogP) is 8.50. The topological polar surface area (TPSA) is 9.23 Å². The van der Waals surface area contributed by atoms with Crippen LogP contribution in [0.4, 0.5) is 0 Å². The van der Waals surface area contributed by atoms with Crippen LogP contribution >= 0.6 is 63.0 Å². The lowest BCUT2D eigenvalue weighted by Crippen LogP contribution is -2.17. The fourth-order valence-electron chi connectivity index (χ4n) is 4.25. The minimum Gasteiger partial charge on any atom is -0.377 e. The van der Waals surface area contributed by atoms with Gasteiger partial charge in [-0.3, -0.25) is 0 Å². The fraction of sp³-hybridized carbons (Fsp3) is 0.259. The molecule has 6 heteroatoms. The Balaban J connectivity index is 1.59. The molecular formula is C27H25BrOS4. The van der Waals surface area contributed by atoms with E-state index in [-0.39, 0.29) is 0 Å². The number of thioether (sulfide) groups is 4. The summed E-state index contributed by atoms with van der Waals surface area (Å²) in [5.74, 6) is 0. The van der Waals surface area contributed by atoms with E-state index in [0.717, 1.165) is 18.4 Å². The van der Waals surface area contributed by atoms with Gasteiger partial charge < -0.3 is 4.74 Å². The van der Waals surface area contributed by atoms with E-state index in [9.17, 15) is 0 Å². The highest BCUT2D eigenvalue weighted by Gasteiger charge is 2.15. The first-order chi connectivity index (χ1) is 16.4. The molecule has 170 valence electrons. The Bertz CT molecular complexity index is 1330. The summed E-state index contributed by atoms with van der Waals surface area (Å²) in [5, 5.41) is 17.9. The van der Waals surface area contributed by atoms with Crippen molar-refractivity contribution in [3.63, 3.8) is 0 Å². The zero-order valence-electron chi connectivity index (χ0n) is 18.2. The summed E-state index contributed by atoms with van der Waals surface area (Å²) < 4.78 is 8.80. The molecule has 0 aromatic heterocycles. The van der Waals surface area contributed by atoms with Crippen molar-refractivity contribution in [1.82, 2.24) is 0 Å². The zero-order valence-corrected chi connectivity index (χ0v) is 23.1. The van der Waals surface area contributed by atoms with E-state index < -0.39 is 0 Å². The summed E-state index contributed by atoms with van der Waals surface area (Å²) in [6.45, 7) is 1.51. The summed E-state index contributed by atoms with van der Waals surface area (Å²) in [4.78, 5) is 0. The number of ether oxygens (including phenoxy) is 1. The number of unbranched alkanes of at least 4 members (excludes halogenated alkanes) is 3. The Morgan fingerprint density at radius 3 is 1.85 bits per heavy atom. The molecule has 2 heterocycles. The summed E-state index contributed by atoms with van der Waals surface area (Å²) in [6.07, 6.45) is 4.90. The van der Waals surface area contributed by atoms with Gasteiger partial charge in [0.2, 0.25) is 0 Å². The number of hydrogen-bond acceptors (Lipinski definition) is 5. The van der Waals surface area contributed by atoms with Gasteiger partial charge >= 0.3 is 0 Å². The molecule has 2 aliphatic heterocycles. The molecule has 0 amide bonds. The molecule has 33 heavy (non-hydrogen) atoms. The van der Waals surface area contributed by atoms with Gasteiger partial charge in [0.25, 0.3) is 0 Å². The molecule has 2 aliphatic rings. The SMILES string of the molecule is BrCCCCCCOCc1ccc2c(=C3SC=CS3)c3ccccc3c(=C3SC=CS3)c2c1. The Hall–Kier alpha value is -0.760. The average Bonchev–Trinajstić information content (AvgIpc) is 3.56. The molecule has 3 aromatic rings. The van der Waals surface area contributed by atoms with Crippen molar-refractivity contribution in [3.05, 3.63) is 80.1 Å². The van der Waals surface area contributed by atoms with Gasteiger partial charge in [0.1, 0.15) is 0 Å². The van der Waals surface area contributed by atoms with Gasteiger partial charge in [0.05, 0.1) is 15.1 Å². The molecule has 5 rings (SSSR count). The van der Waals surface area contributed by atoms with E-state index in [1.165, 1.54) is 65.3 Å². The van der Waals surface area contributed by atoms with Crippen LogP contribution in [0, 0.1) is 0 Å². The van der Waals surface area contributed by atoms with Crippen molar-refractivity contribution in [1.29, 1.82) is 0 Å². The first-order valence-electron chi connectivity index (χ1n) is 11.2. The Labute approximate surface area is 220 Å². The van der Waals surface area contributed by atoms with Gasteiger partial charge in [0, 0.05) is 22.4 Å². The van der Waals surface area contributed by atoms with Crippen molar-refractivity contribution in [3.8, 4) is 0 Å². The fourth-order valence-corrected chi connectivity index (χ4v) is 8.49. The maximum Gasteiger partial charge on any atom is 0.0717 e. The largest absolute Gasteiger partial charge is 0.377 e. The van der Waals surface area contributed by atoms with E-state index in [1.807, 2.05) is 47.0 Å². The minimum atomic E-state index is 0.672. The lowest BCUT2D eigenvalue weighted by atomic mass is 9.97. The van der Waals surface area contributed by atoms with E-state index in [0.29, 0.717) is 6.61 Å². The molecule has 0 atom stereocenters. The van der Waals surface area contributed by atoms with Gasteiger partial charge in [-0.25, -0.2) is 0 Å².